The topological polar surface area (TPSA) is 164 Å². The summed E-state index contributed by atoms with van der Waals surface area (Å²) in [5.41, 5.74) is 6.40. The number of piperidine rings is 1. The Kier molecular flexibility index (Phi) is 8.03. The van der Waals surface area contributed by atoms with Gasteiger partial charge in [0.2, 0.25) is 0 Å². The largest absolute Gasteiger partial charge is 0.483 e. The molecule has 11 nitrogen and oxygen atoms in total. The van der Waals surface area contributed by atoms with E-state index in [1.165, 1.54) is 25.4 Å². The van der Waals surface area contributed by atoms with Crippen LogP contribution in [-0.2, 0) is 14.3 Å². The summed E-state index contributed by atoms with van der Waals surface area (Å²) in [5.74, 6) is -4.40. The molecule has 3 atom stereocenters. The number of ether oxygens (including phenoxy) is 2. The van der Waals surface area contributed by atoms with E-state index in [-0.39, 0.29) is 30.2 Å². The fraction of sp³-hybridized carbons (Fsp3) is 0.480. The summed E-state index contributed by atoms with van der Waals surface area (Å²) in [4.78, 5) is 32.9. The van der Waals surface area contributed by atoms with Crippen molar-refractivity contribution in [3.05, 3.63) is 36.2 Å². The Morgan fingerprint density at radius 1 is 1.32 bits per heavy atom. The predicted molar refractivity (Wildman–Crippen MR) is 130 cm³/mol. The van der Waals surface area contributed by atoms with Crippen LogP contribution in [0, 0.1) is 17.2 Å². The minimum Gasteiger partial charge on any atom is -0.483 e. The van der Waals surface area contributed by atoms with Gasteiger partial charge in [0.15, 0.2) is 12.7 Å². The molecule has 1 aliphatic heterocycles. The normalized spacial score (nSPS) is 20.1. The number of anilines is 1. The third kappa shape index (κ3) is 6.51. The number of alkyl halides is 2. The lowest BCUT2D eigenvalue weighted by Gasteiger charge is -2.38. The van der Waals surface area contributed by atoms with E-state index in [2.05, 4.69) is 15.3 Å². The van der Waals surface area contributed by atoms with Crippen LogP contribution in [0.25, 0.3) is 11.3 Å². The molecule has 0 bridgehead atoms. The van der Waals surface area contributed by atoms with Crippen LogP contribution in [0.4, 0.5) is 14.6 Å². The van der Waals surface area contributed by atoms with Crippen molar-refractivity contribution < 1.29 is 33.0 Å². The summed E-state index contributed by atoms with van der Waals surface area (Å²) in [6, 6.07) is 7.13. The van der Waals surface area contributed by atoms with E-state index in [1.807, 2.05) is 6.07 Å². The molecule has 38 heavy (non-hydrogen) atoms. The van der Waals surface area contributed by atoms with E-state index in [4.69, 9.17) is 15.2 Å². The number of carbonyl (C=O) groups excluding carboxylic acids is 2. The zero-order valence-electron chi connectivity index (χ0n) is 20.6. The number of nitrogens with zero attached hydrogens (tertiary/aromatic N) is 4. The maximum absolute atomic E-state index is 14.9. The summed E-state index contributed by atoms with van der Waals surface area (Å²) < 4.78 is 40.1. The number of likely N-dealkylation sites (tertiary alicyclic amines) is 1. The van der Waals surface area contributed by atoms with Crippen LogP contribution in [0.2, 0.25) is 0 Å². The standard InChI is InChI=1S/C25H28F2N6O5/c1-14(29)24(36)37-11-22(34)33-7-6-20(25(26,27)12-33)38-19-5-4-16(8-17(19)10-28)18-9-21(31-13-30-18)32-23(35)15-2-3-15/h4-5,8-9,13-15,20,23,35H,2-3,6-7,11-12,29H2,1H3,(H,30,31,32)/t14-,20-,23?/m0/s1. The predicted octanol–water partition coefficient (Wildman–Crippen LogP) is 1.66. The number of nitrogens with one attached hydrogen (secondary N) is 1. The number of nitrogens with two attached hydrogens (primary N) is 1. The minimum absolute atomic E-state index is 0.0249. The molecule has 2 fully saturated rings. The monoisotopic (exact) mass is 530 g/mol. The molecule has 1 aromatic heterocycles. The van der Waals surface area contributed by atoms with Gasteiger partial charge in [-0.1, -0.05) is 0 Å². The van der Waals surface area contributed by atoms with Crippen molar-refractivity contribution in [2.45, 2.75) is 50.5 Å². The SMILES string of the molecule is C[C@H](N)C(=O)OCC(=O)N1CC[C@H](Oc2ccc(-c3cc(NC(O)C4CC4)ncn3)cc2C#N)C(F)(F)C1. The van der Waals surface area contributed by atoms with Crippen molar-refractivity contribution in [1.29, 1.82) is 5.26 Å². The van der Waals surface area contributed by atoms with Crippen molar-refractivity contribution >= 4 is 17.7 Å². The van der Waals surface area contributed by atoms with Gasteiger partial charge >= 0.3 is 11.9 Å². The summed E-state index contributed by atoms with van der Waals surface area (Å²) in [5, 5.41) is 22.7. The molecule has 2 aromatic rings. The van der Waals surface area contributed by atoms with Crippen LogP contribution in [-0.4, -0.2) is 75.8 Å². The highest BCUT2D eigenvalue weighted by Gasteiger charge is 2.48. The number of aliphatic hydroxyl groups is 1. The van der Waals surface area contributed by atoms with E-state index >= 15 is 0 Å². The van der Waals surface area contributed by atoms with Gasteiger partial charge in [-0.3, -0.25) is 9.59 Å². The zero-order chi connectivity index (χ0) is 27.4. The number of amides is 1. The molecule has 4 rings (SSSR count). The average molecular weight is 531 g/mol. The molecule has 1 aromatic carbocycles. The third-order valence-electron chi connectivity index (χ3n) is 6.29. The molecule has 1 saturated carbocycles. The Hall–Kier alpha value is -3.89. The van der Waals surface area contributed by atoms with Crippen molar-refractivity contribution in [2.75, 3.05) is 25.0 Å². The van der Waals surface area contributed by atoms with E-state index in [9.17, 15) is 28.7 Å². The van der Waals surface area contributed by atoms with E-state index in [0.717, 1.165) is 17.7 Å². The number of halogens is 2. The van der Waals surface area contributed by atoms with Crippen LogP contribution < -0.4 is 15.8 Å². The second-order valence-corrected chi connectivity index (χ2v) is 9.41. The fourth-order valence-electron chi connectivity index (χ4n) is 3.94. The van der Waals surface area contributed by atoms with E-state index in [0.29, 0.717) is 17.1 Å². The first-order valence-electron chi connectivity index (χ1n) is 12.1. The highest BCUT2D eigenvalue weighted by atomic mass is 19.3. The number of esters is 1. The molecule has 0 radical (unpaired) electrons. The molecule has 0 spiro atoms. The lowest BCUT2D eigenvalue weighted by Crippen LogP contribution is -2.56. The number of rotatable bonds is 9. The number of hydrogen-bond donors (Lipinski definition) is 3. The van der Waals surface area contributed by atoms with E-state index < -0.39 is 49.3 Å². The van der Waals surface area contributed by atoms with Gasteiger partial charge in [-0.25, -0.2) is 18.7 Å². The van der Waals surface area contributed by atoms with Gasteiger partial charge in [0.05, 0.1) is 17.8 Å². The molecule has 1 unspecified atom stereocenters. The number of aromatic nitrogens is 2. The van der Waals surface area contributed by atoms with Crippen LogP contribution in [0.3, 0.4) is 0 Å². The lowest BCUT2D eigenvalue weighted by atomic mass is 10.0. The molecule has 2 aliphatic rings. The van der Waals surface area contributed by atoms with Gasteiger partial charge in [-0.15, -0.1) is 0 Å². The fourth-order valence-corrected chi connectivity index (χ4v) is 3.94. The van der Waals surface area contributed by atoms with Crippen LogP contribution >= 0.6 is 0 Å². The van der Waals surface area contributed by atoms with Gasteiger partial charge in [-0.05, 0) is 38.0 Å². The first-order valence-corrected chi connectivity index (χ1v) is 12.1. The maximum Gasteiger partial charge on any atom is 0.323 e. The first kappa shape index (κ1) is 27.2. The van der Waals surface area contributed by atoms with Gasteiger partial charge in [-0.2, -0.15) is 5.26 Å². The Labute approximate surface area is 217 Å². The second-order valence-electron chi connectivity index (χ2n) is 9.41. The number of benzene rings is 1. The molecule has 202 valence electrons. The van der Waals surface area contributed by atoms with Crippen LogP contribution in [0.15, 0.2) is 30.6 Å². The Balaban J connectivity index is 1.41. The highest BCUT2D eigenvalue weighted by molar-refractivity contribution is 5.82. The van der Waals surface area contributed by atoms with Crippen LogP contribution in [0.1, 0.15) is 31.7 Å². The molecule has 1 aliphatic carbocycles. The van der Waals surface area contributed by atoms with Gasteiger partial charge in [0.25, 0.3) is 5.91 Å². The summed E-state index contributed by atoms with van der Waals surface area (Å²) >= 11 is 0. The van der Waals surface area contributed by atoms with Crippen molar-refractivity contribution in [2.24, 2.45) is 11.7 Å². The number of aliphatic hydroxyl groups excluding tert-OH is 1. The summed E-state index contributed by atoms with van der Waals surface area (Å²) in [7, 11) is 0. The molecular weight excluding hydrogens is 502 g/mol. The molecule has 2 heterocycles. The van der Waals surface area contributed by atoms with Crippen molar-refractivity contribution in [1.82, 2.24) is 14.9 Å². The smallest absolute Gasteiger partial charge is 0.323 e. The summed E-state index contributed by atoms with van der Waals surface area (Å²) in [6.45, 7) is -0.259. The maximum atomic E-state index is 14.9. The zero-order valence-corrected chi connectivity index (χ0v) is 20.6. The van der Waals surface area contributed by atoms with Crippen molar-refractivity contribution in [3.8, 4) is 23.1 Å². The molecular formula is C25H28F2N6O5. The third-order valence-corrected chi connectivity index (χ3v) is 6.29. The molecule has 1 saturated heterocycles. The Morgan fingerprint density at radius 2 is 2.08 bits per heavy atom. The average Bonchev–Trinajstić information content (AvgIpc) is 3.74. The quantitative estimate of drug-likeness (QED) is 0.321. The lowest BCUT2D eigenvalue weighted by molar-refractivity contribution is -0.166. The number of nitriles is 1. The van der Waals surface area contributed by atoms with Gasteiger partial charge in [0, 0.05) is 30.5 Å². The first-order chi connectivity index (χ1) is 18.1. The minimum atomic E-state index is -3.42. The Morgan fingerprint density at radius 3 is 2.74 bits per heavy atom. The molecule has 4 N–H and O–H groups in total. The van der Waals surface area contributed by atoms with Crippen molar-refractivity contribution in [3.63, 3.8) is 0 Å². The molecule has 13 heteroatoms. The highest BCUT2D eigenvalue weighted by Crippen LogP contribution is 2.35. The van der Waals surface area contributed by atoms with Crippen LogP contribution in [0.5, 0.6) is 5.75 Å². The Bertz CT molecular complexity index is 1230. The number of hydrogen-bond acceptors (Lipinski definition) is 10. The number of carbonyl (C=O) groups is 2. The van der Waals surface area contributed by atoms with Gasteiger partial charge in [0.1, 0.15) is 36.2 Å². The second kappa shape index (κ2) is 11.2. The molecule has 1 amide bonds. The summed E-state index contributed by atoms with van der Waals surface area (Å²) in [6.07, 6.45) is 0.720. The van der Waals surface area contributed by atoms with E-state index in [1.54, 1.807) is 12.1 Å². The van der Waals surface area contributed by atoms with Gasteiger partial charge < -0.3 is 30.5 Å².